The highest BCUT2D eigenvalue weighted by molar-refractivity contribution is 7.98. The summed E-state index contributed by atoms with van der Waals surface area (Å²) in [5.41, 5.74) is 7.83. The van der Waals surface area contributed by atoms with Crippen LogP contribution >= 0.6 is 24.2 Å². The fourth-order valence-corrected chi connectivity index (χ4v) is 2.34. The first-order valence-electron chi connectivity index (χ1n) is 6.58. The molecule has 0 saturated carbocycles. The summed E-state index contributed by atoms with van der Waals surface area (Å²) in [5, 5.41) is 2.80. The smallest absolute Gasteiger partial charge is 0.241 e. The summed E-state index contributed by atoms with van der Waals surface area (Å²) >= 11 is 1.67. The van der Waals surface area contributed by atoms with Crippen LogP contribution in [0.2, 0.25) is 0 Å². The van der Waals surface area contributed by atoms with Gasteiger partial charge in [-0.2, -0.15) is 11.8 Å². The molecule has 0 fully saturated rings. The van der Waals surface area contributed by atoms with Gasteiger partial charge in [-0.1, -0.05) is 0 Å². The number of nitrogens with one attached hydrogen (secondary N) is 1. The van der Waals surface area contributed by atoms with Crippen LogP contribution < -0.4 is 11.1 Å². The zero-order valence-corrected chi connectivity index (χ0v) is 14.1. The fourth-order valence-electron chi connectivity index (χ4n) is 1.85. The summed E-state index contributed by atoms with van der Waals surface area (Å²) < 4.78 is 10.5. The summed E-state index contributed by atoms with van der Waals surface area (Å²) in [7, 11) is 1.58. The van der Waals surface area contributed by atoms with E-state index < -0.39 is 6.04 Å². The van der Waals surface area contributed by atoms with Crippen LogP contribution in [0.1, 0.15) is 12.3 Å². The molecule has 0 unspecified atom stereocenters. The number of nitrogens with zero attached hydrogens (tertiary/aromatic N) is 1. The topological polar surface area (TPSA) is 90.4 Å². The van der Waals surface area contributed by atoms with Gasteiger partial charge in [-0.05, 0) is 36.6 Å². The zero-order valence-electron chi connectivity index (χ0n) is 12.5. The van der Waals surface area contributed by atoms with Crippen molar-refractivity contribution in [3.8, 4) is 0 Å². The maximum atomic E-state index is 12.0. The van der Waals surface area contributed by atoms with E-state index in [1.807, 2.05) is 6.26 Å². The Labute approximate surface area is 139 Å². The highest BCUT2D eigenvalue weighted by Crippen LogP contribution is 2.20. The van der Waals surface area contributed by atoms with Gasteiger partial charge in [0.05, 0.1) is 6.04 Å². The Bertz CT molecular complexity index is 620. The average molecular weight is 346 g/mol. The van der Waals surface area contributed by atoms with Crippen LogP contribution in [0.3, 0.4) is 0 Å². The first-order valence-corrected chi connectivity index (χ1v) is 7.97. The second-order valence-corrected chi connectivity index (χ2v) is 5.59. The van der Waals surface area contributed by atoms with E-state index in [0.717, 1.165) is 5.75 Å². The average Bonchev–Trinajstić information content (AvgIpc) is 2.86. The predicted octanol–water partition coefficient (Wildman–Crippen LogP) is 2.41. The Hall–Kier alpha value is -1.28. The number of oxazole rings is 1. The molecule has 6 nitrogen and oxygen atoms in total. The molecule has 0 radical (unpaired) electrons. The third kappa shape index (κ3) is 4.88. The lowest BCUT2D eigenvalue weighted by Crippen LogP contribution is -2.36. The minimum absolute atomic E-state index is 0. The van der Waals surface area contributed by atoms with Gasteiger partial charge in [0.15, 0.2) is 5.58 Å². The number of carbonyl (C=O) groups is 1. The molecule has 1 heterocycles. The number of amides is 1. The van der Waals surface area contributed by atoms with E-state index in [1.54, 1.807) is 37.1 Å². The zero-order chi connectivity index (χ0) is 15.2. The number of hydrogen-bond donors (Lipinski definition) is 2. The highest BCUT2D eigenvalue weighted by Gasteiger charge is 2.14. The van der Waals surface area contributed by atoms with Crippen molar-refractivity contribution in [2.75, 3.05) is 24.4 Å². The SMILES string of the molecule is COCc1nc2cc(NC(=O)[C@@H](N)CCSC)ccc2o1.Cl. The minimum atomic E-state index is -0.505. The standard InChI is InChI=1S/C14H19N3O3S.ClH/c1-19-8-13-17-11-7-9(3-4-12(11)20-13)16-14(18)10(15)5-6-21-2;/h3-4,7,10H,5-6,8,15H2,1-2H3,(H,16,18);1H/t10-;/m0./s1. The van der Waals surface area contributed by atoms with E-state index in [0.29, 0.717) is 35.7 Å². The molecule has 0 bridgehead atoms. The maximum absolute atomic E-state index is 12.0. The monoisotopic (exact) mass is 345 g/mol. The Morgan fingerprint density at radius 1 is 1.55 bits per heavy atom. The van der Waals surface area contributed by atoms with Crippen molar-refractivity contribution in [1.29, 1.82) is 0 Å². The maximum Gasteiger partial charge on any atom is 0.241 e. The number of rotatable bonds is 7. The number of benzene rings is 1. The van der Waals surface area contributed by atoms with Gasteiger partial charge >= 0.3 is 0 Å². The molecule has 1 aromatic heterocycles. The summed E-state index contributed by atoms with van der Waals surface area (Å²) in [5.74, 6) is 1.17. The first-order chi connectivity index (χ1) is 10.1. The lowest BCUT2D eigenvalue weighted by Gasteiger charge is -2.11. The molecule has 0 aliphatic rings. The number of nitrogens with two attached hydrogens (primary N) is 1. The number of thioether (sulfide) groups is 1. The summed E-state index contributed by atoms with van der Waals surface area (Å²) in [6.45, 7) is 0.315. The molecular formula is C14H20ClN3O3S. The van der Waals surface area contributed by atoms with E-state index in [2.05, 4.69) is 10.3 Å². The number of aromatic nitrogens is 1. The number of anilines is 1. The van der Waals surface area contributed by atoms with Crippen LogP contribution in [0.25, 0.3) is 11.1 Å². The van der Waals surface area contributed by atoms with Gasteiger partial charge in [-0.15, -0.1) is 12.4 Å². The Balaban J connectivity index is 0.00000242. The molecule has 1 amide bonds. The van der Waals surface area contributed by atoms with E-state index in [-0.39, 0.29) is 18.3 Å². The normalized spacial score (nSPS) is 12.0. The van der Waals surface area contributed by atoms with Crippen molar-refractivity contribution in [2.45, 2.75) is 19.1 Å². The Morgan fingerprint density at radius 3 is 3.00 bits per heavy atom. The molecule has 2 aromatic rings. The van der Waals surface area contributed by atoms with Crippen LogP contribution in [0.5, 0.6) is 0 Å². The van der Waals surface area contributed by atoms with Crippen LogP contribution in [0, 0.1) is 0 Å². The molecule has 0 saturated heterocycles. The molecule has 2 rings (SSSR count). The van der Waals surface area contributed by atoms with Crippen molar-refractivity contribution >= 4 is 46.9 Å². The second-order valence-electron chi connectivity index (χ2n) is 4.60. The molecule has 1 atom stereocenters. The predicted molar refractivity (Wildman–Crippen MR) is 91.6 cm³/mol. The van der Waals surface area contributed by atoms with Crippen molar-refractivity contribution in [2.24, 2.45) is 5.73 Å². The number of methoxy groups -OCH3 is 1. The fraction of sp³-hybridized carbons (Fsp3) is 0.429. The third-order valence-electron chi connectivity index (χ3n) is 2.94. The molecule has 22 heavy (non-hydrogen) atoms. The van der Waals surface area contributed by atoms with Crippen molar-refractivity contribution in [3.05, 3.63) is 24.1 Å². The van der Waals surface area contributed by atoms with Gasteiger partial charge in [0, 0.05) is 12.8 Å². The van der Waals surface area contributed by atoms with Crippen LogP contribution in [-0.4, -0.2) is 36.1 Å². The summed E-state index contributed by atoms with van der Waals surface area (Å²) in [6, 6.07) is 4.79. The van der Waals surface area contributed by atoms with E-state index >= 15 is 0 Å². The molecule has 0 aliphatic carbocycles. The molecule has 0 aliphatic heterocycles. The van der Waals surface area contributed by atoms with Gasteiger partial charge in [-0.3, -0.25) is 4.79 Å². The highest BCUT2D eigenvalue weighted by atomic mass is 35.5. The Morgan fingerprint density at radius 2 is 2.32 bits per heavy atom. The van der Waals surface area contributed by atoms with Gasteiger partial charge < -0.3 is 20.2 Å². The number of ether oxygens (including phenoxy) is 1. The van der Waals surface area contributed by atoms with E-state index in [1.165, 1.54) is 0 Å². The van der Waals surface area contributed by atoms with Crippen molar-refractivity contribution in [3.63, 3.8) is 0 Å². The number of carbonyl (C=O) groups excluding carboxylic acids is 1. The van der Waals surface area contributed by atoms with Crippen molar-refractivity contribution < 1.29 is 13.9 Å². The van der Waals surface area contributed by atoms with E-state index in [4.69, 9.17) is 14.9 Å². The molecule has 0 spiro atoms. The number of hydrogen-bond acceptors (Lipinski definition) is 6. The molecule has 8 heteroatoms. The van der Waals surface area contributed by atoms with Gasteiger partial charge in [0.1, 0.15) is 12.1 Å². The van der Waals surface area contributed by atoms with Crippen LogP contribution in [0.4, 0.5) is 5.69 Å². The van der Waals surface area contributed by atoms with Crippen LogP contribution in [-0.2, 0) is 16.1 Å². The molecule has 122 valence electrons. The quantitative estimate of drug-likeness (QED) is 0.800. The lowest BCUT2D eigenvalue weighted by atomic mass is 10.2. The lowest BCUT2D eigenvalue weighted by molar-refractivity contribution is -0.117. The molecule has 3 N–H and O–H groups in total. The first kappa shape index (κ1) is 18.8. The van der Waals surface area contributed by atoms with Crippen LogP contribution in [0.15, 0.2) is 22.6 Å². The van der Waals surface area contributed by atoms with Gasteiger partial charge in [-0.25, -0.2) is 4.98 Å². The minimum Gasteiger partial charge on any atom is -0.438 e. The van der Waals surface area contributed by atoms with Gasteiger partial charge in [0.25, 0.3) is 0 Å². The number of fused-ring (bicyclic) bond motifs is 1. The largest absolute Gasteiger partial charge is 0.438 e. The molecular weight excluding hydrogens is 326 g/mol. The second kappa shape index (κ2) is 8.99. The summed E-state index contributed by atoms with van der Waals surface area (Å²) in [6.07, 6.45) is 2.64. The molecule has 1 aromatic carbocycles. The number of halogens is 1. The Kier molecular flexibility index (Phi) is 7.67. The van der Waals surface area contributed by atoms with E-state index in [9.17, 15) is 4.79 Å². The summed E-state index contributed by atoms with van der Waals surface area (Å²) in [4.78, 5) is 16.2. The third-order valence-corrected chi connectivity index (χ3v) is 3.58. The van der Waals surface area contributed by atoms with Crippen molar-refractivity contribution in [1.82, 2.24) is 4.98 Å². The van der Waals surface area contributed by atoms with Gasteiger partial charge in [0.2, 0.25) is 11.8 Å².